The van der Waals surface area contributed by atoms with Crippen LogP contribution < -0.4 is 10.5 Å². The monoisotopic (exact) mass is 235 g/mol. The number of benzene rings is 1. The lowest BCUT2D eigenvalue weighted by Gasteiger charge is -2.14. The minimum Gasteiger partial charge on any atom is -0.508 e. The summed E-state index contributed by atoms with van der Waals surface area (Å²) in [5.74, 6) is -0.449. The molecule has 6 heteroatoms. The average Bonchev–Trinajstić information content (AvgIpc) is 2.19. The van der Waals surface area contributed by atoms with Gasteiger partial charge in [-0.05, 0) is 25.1 Å². The molecule has 0 atom stereocenters. The van der Waals surface area contributed by atoms with Crippen LogP contribution in [0.1, 0.15) is 11.1 Å². The quantitative estimate of drug-likeness (QED) is 0.841. The van der Waals surface area contributed by atoms with Crippen molar-refractivity contribution in [3.05, 3.63) is 23.3 Å². The number of rotatable bonds is 3. The van der Waals surface area contributed by atoms with E-state index < -0.39 is 17.5 Å². The Bertz CT molecular complexity index is 377. The number of alkyl halides is 3. The van der Waals surface area contributed by atoms with Crippen LogP contribution >= 0.6 is 0 Å². The number of phenols is 1. The Morgan fingerprint density at radius 1 is 1.38 bits per heavy atom. The molecule has 0 spiro atoms. The predicted octanol–water partition coefficient (Wildman–Crippen LogP) is 1.92. The summed E-state index contributed by atoms with van der Waals surface area (Å²) in [6, 6.07) is 1.53. The highest BCUT2D eigenvalue weighted by Gasteiger charge is 2.32. The maximum atomic E-state index is 12.4. The van der Waals surface area contributed by atoms with Crippen molar-refractivity contribution in [1.29, 1.82) is 0 Å². The highest BCUT2D eigenvalue weighted by atomic mass is 19.4. The summed E-state index contributed by atoms with van der Waals surface area (Å²) < 4.78 is 42.0. The van der Waals surface area contributed by atoms with E-state index in [1.54, 1.807) is 0 Å². The standard InChI is InChI=1S/C10H12F3NO2/c1-16-9-5-6(10(11,12)13)4-8(15)7(9)2-3-14/h4-5,15H,2-3,14H2,1H3. The molecule has 3 nitrogen and oxygen atoms in total. The summed E-state index contributed by atoms with van der Waals surface area (Å²) in [4.78, 5) is 0. The van der Waals surface area contributed by atoms with E-state index >= 15 is 0 Å². The Labute approximate surface area is 90.6 Å². The highest BCUT2D eigenvalue weighted by Crippen LogP contribution is 2.37. The van der Waals surface area contributed by atoms with Crippen molar-refractivity contribution in [1.82, 2.24) is 0 Å². The van der Waals surface area contributed by atoms with Crippen LogP contribution in [0.25, 0.3) is 0 Å². The molecule has 0 aliphatic rings. The molecule has 0 saturated carbocycles. The lowest BCUT2D eigenvalue weighted by Crippen LogP contribution is -2.08. The molecular formula is C10H12F3NO2. The van der Waals surface area contributed by atoms with Gasteiger partial charge in [-0.2, -0.15) is 13.2 Å². The maximum Gasteiger partial charge on any atom is 0.416 e. The van der Waals surface area contributed by atoms with E-state index in [-0.39, 0.29) is 24.3 Å². The van der Waals surface area contributed by atoms with Crippen LogP contribution in [0.4, 0.5) is 13.2 Å². The second-order valence-electron chi connectivity index (χ2n) is 3.21. The van der Waals surface area contributed by atoms with Crippen LogP contribution in [0.5, 0.6) is 11.5 Å². The molecule has 0 bridgehead atoms. The van der Waals surface area contributed by atoms with E-state index in [1.807, 2.05) is 0 Å². The number of hydrogen-bond acceptors (Lipinski definition) is 3. The lowest BCUT2D eigenvalue weighted by atomic mass is 10.1. The van der Waals surface area contributed by atoms with Crippen molar-refractivity contribution in [2.75, 3.05) is 13.7 Å². The first-order valence-corrected chi connectivity index (χ1v) is 4.57. The molecule has 0 unspecified atom stereocenters. The lowest BCUT2D eigenvalue weighted by molar-refractivity contribution is -0.137. The molecule has 0 fully saturated rings. The van der Waals surface area contributed by atoms with Gasteiger partial charge in [0.2, 0.25) is 0 Å². The van der Waals surface area contributed by atoms with Crippen molar-refractivity contribution >= 4 is 0 Å². The molecule has 0 saturated heterocycles. The molecule has 3 N–H and O–H groups in total. The zero-order valence-corrected chi connectivity index (χ0v) is 8.64. The summed E-state index contributed by atoms with van der Waals surface area (Å²) in [6.45, 7) is 0.218. The number of halogens is 3. The minimum absolute atomic E-state index is 0.00206. The molecular weight excluding hydrogens is 223 g/mol. The summed E-state index contributed by atoms with van der Waals surface area (Å²) in [6.07, 6.45) is -4.25. The number of nitrogens with two attached hydrogens (primary N) is 1. The number of methoxy groups -OCH3 is 1. The third kappa shape index (κ3) is 2.57. The van der Waals surface area contributed by atoms with Crippen LogP contribution in [0.3, 0.4) is 0 Å². The van der Waals surface area contributed by atoms with E-state index in [2.05, 4.69) is 0 Å². The highest BCUT2D eigenvalue weighted by molar-refractivity contribution is 5.48. The van der Waals surface area contributed by atoms with Crippen molar-refractivity contribution in [2.45, 2.75) is 12.6 Å². The molecule has 0 radical (unpaired) electrons. The van der Waals surface area contributed by atoms with Crippen molar-refractivity contribution < 1.29 is 23.0 Å². The Hall–Kier alpha value is -1.43. The van der Waals surface area contributed by atoms with Gasteiger partial charge in [0.1, 0.15) is 11.5 Å². The first kappa shape index (κ1) is 12.6. The summed E-state index contributed by atoms with van der Waals surface area (Å²) in [5.41, 5.74) is 4.64. The first-order chi connectivity index (χ1) is 7.40. The number of hydrogen-bond donors (Lipinski definition) is 2. The van der Waals surface area contributed by atoms with E-state index in [4.69, 9.17) is 10.5 Å². The first-order valence-electron chi connectivity index (χ1n) is 4.57. The van der Waals surface area contributed by atoms with E-state index in [9.17, 15) is 18.3 Å². The zero-order valence-electron chi connectivity index (χ0n) is 8.64. The van der Waals surface area contributed by atoms with Crippen LogP contribution in [0.15, 0.2) is 12.1 Å². The molecule has 0 aliphatic carbocycles. The Morgan fingerprint density at radius 2 is 2.00 bits per heavy atom. The van der Waals surface area contributed by atoms with Gasteiger partial charge in [-0.25, -0.2) is 0 Å². The molecule has 1 aromatic carbocycles. The Kier molecular flexibility index (Phi) is 3.64. The zero-order chi connectivity index (χ0) is 12.3. The average molecular weight is 235 g/mol. The Balaban J connectivity index is 3.26. The van der Waals surface area contributed by atoms with E-state index in [0.29, 0.717) is 6.07 Å². The molecule has 0 amide bonds. The molecule has 1 rings (SSSR count). The summed E-state index contributed by atoms with van der Waals surface area (Å²) in [5, 5.41) is 9.46. The third-order valence-corrected chi connectivity index (χ3v) is 2.13. The minimum atomic E-state index is -4.51. The molecule has 16 heavy (non-hydrogen) atoms. The molecule has 0 heterocycles. The smallest absolute Gasteiger partial charge is 0.416 e. The third-order valence-electron chi connectivity index (χ3n) is 2.13. The van der Waals surface area contributed by atoms with Crippen molar-refractivity contribution in [3.63, 3.8) is 0 Å². The van der Waals surface area contributed by atoms with Gasteiger partial charge in [0.05, 0.1) is 12.7 Å². The summed E-state index contributed by atoms with van der Waals surface area (Å²) >= 11 is 0. The van der Waals surface area contributed by atoms with Gasteiger partial charge in [-0.3, -0.25) is 0 Å². The predicted molar refractivity (Wildman–Crippen MR) is 52.4 cm³/mol. The second kappa shape index (κ2) is 4.61. The van der Waals surface area contributed by atoms with Gasteiger partial charge in [-0.1, -0.05) is 0 Å². The van der Waals surface area contributed by atoms with Crippen LogP contribution in [0, 0.1) is 0 Å². The van der Waals surface area contributed by atoms with Crippen molar-refractivity contribution in [3.8, 4) is 11.5 Å². The normalized spacial score (nSPS) is 11.6. The van der Waals surface area contributed by atoms with E-state index in [0.717, 1.165) is 6.07 Å². The Morgan fingerprint density at radius 3 is 2.44 bits per heavy atom. The molecule has 0 aliphatic heterocycles. The maximum absolute atomic E-state index is 12.4. The number of aromatic hydroxyl groups is 1. The van der Waals surface area contributed by atoms with Crippen molar-refractivity contribution in [2.24, 2.45) is 5.73 Å². The fraction of sp³-hybridized carbons (Fsp3) is 0.400. The summed E-state index contributed by atoms with van der Waals surface area (Å²) in [7, 11) is 1.24. The van der Waals surface area contributed by atoms with Gasteiger partial charge >= 0.3 is 6.18 Å². The largest absolute Gasteiger partial charge is 0.508 e. The van der Waals surface area contributed by atoms with Gasteiger partial charge in [0, 0.05) is 5.56 Å². The van der Waals surface area contributed by atoms with Gasteiger partial charge < -0.3 is 15.6 Å². The fourth-order valence-electron chi connectivity index (χ4n) is 1.37. The topological polar surface area (TPSA) is 55.5 Å². The van der Waals surface area contributed by atoms with Crippen LogP contribution in [-0.2, 0) is 12.6 Å². The fourth-order valence-corrected chi connectivity index (χ4v) is 1.37. The van der Waals surface area contributed by atoms with Crippen LogP contribution in [-0.4, -0.2) is 18.8 Å². The molecule has 0 aromatic heterocycles. The number of ether oxygens (including phenoxy) is 1. The SMILES string of the molecule is COc1cc(C(F)(F)F)cc(O)c1CCN. The second-order valence-corrected chi connectivity index (χ2v) is 3.21. The van der Waals surface area contributed by atoms with Gasteiger partial charge in [0.25, 0.3) is 0 Å². The number of phenolic OH excluding ortho intramolecular Hbond substituents is 1. The van der Waals surface area contributed by atoms with Gasteiger partial charge in [0.15, 0.2) is 0 Å². The molecule has 1 aromatic rings. The van der Waals surface area contributed by atoms with Crippen LogP contribution in [0.2, 0.25) is 0 Å². The van der Waals surface area contributed by atoms with E-state index in [1.165, 1.54) is 7.11 Å². The van der Waals surface area contributed by atoms with Gasteiger partial charge in [-0.15, -0.1) is 0 Å². The molecule has 90 valence electrons.